The van der Waals surface area contributed by atoms with Crippen LogP contribution in [-0.2, 0) is 27.2 Å². The first-order valence-corrected chi connectivity index (χ1v) is 10.0. The maximum atomic E-state index is 12.8. The highest BCUT2D eigenvalue weighted by Crippen LogP contribution is 2.23. The molecule has 2 unspecified atom stereocenters. The fourth-order valence-corrected chi connectivity index (χ4v) is 3.33. The van der Waals surface area contributed by atoms with Gasteiger partial charge in [0.1, 0.15) is 0 Å². The summed E-state index contributed by atoms with van der Waals surface area (Å²) in [7, 11) is 0. The quantitative estimate of drug-likeness (QED) is 0.467. The predicted molar refractivity (Wildman–Crippen MR) is 112 cm³/mol. The fraction of sp³-hybridized carbons (Fsp3) is 0.375. The van der Waals surface area contributed by atoms with Crippen molar-refractivity contribution in [3.63, 3.8) is 0 Å². The molecule has 0 aliphatic heterocycles. The van der Waals surface area contributed by atoms with Crippen LogP contribution in [-0.4, -0.2) is 25.0 Å². The average Bonchev–Trinajstić information content (AvgIpc) is 2.74. The van der Waals surface area contributed by atoms with Gasteiger partial charge in [-0.15, -0.1) is 0 Å². The van der Waals surface area contributed by atoms with Crippen molar-refractivity contribution in [2.24, 2.45) is 11.8 Å². The van der Waals surface area contributed by atoms with Crippen molar-refractivity contribution in [1.82, 2.24) is 5.32 Å². The summed E-state index contributed by atoms with van der Waals surface area (Å²) in [5.41, 5.74) is 2.07. The lowest BCUT2D eigenvalue weighted by Gasteiger charge is -2.22. The van der Waals surface area contributed by atoms with Crippen LogP contribution in [0.3, 0.4) is 0 Å². The Morgan fingerprint density at radius 2 is 1.52 bits per heavy atom. The topological polar surface area (TPSA) is 79.2 Å². The van der Waals surface area contributed by atoms with Crippen molar-refractivity contribution in [2.75, 3.05) is 13.2 Å². The van der Waals surface area contributed by atoms with E-state index >= 15 is 0 Å². The van der Waals surface area contributed by atoms with Crippen molar-refractivity contribution in [3.8, 4) is 6.07 Å². The molecule has 2 atom stereocenters. The molecule has 0 aromatic heterocycles. The second-order valence-electron chi connectivity index (χ2n) is 6.96. The highest BCUT2D eigenvalue weighted by atomic mass is 16.5. The van der Waals surface area contributed by atoms with Crippen LogP contribution in [0.1, 0.15) is 30.9 Å². The van der Waals surface area contributed by atoms with E-state index in [1.165, 1.54) is 0 Å². The molecule has 5 nitrogen and oxygen atoms in total. The van der Waals surface area contributed by atoms with Crippen LogP contribution in [0.15, 0.2) is 60.7 Å². The van der Waals surface area contributed by atoms with Gasteiger partial charge in [0.2, 0.25) is 5.91 Å². The van der Waals surface area contributed by atoms with E-state index in [0.29, 0.717) is 32.4 Å². The number of carbonyl (C=O) groups excluding carboxylic acids is 2. The molecule has 2 aromatic carbocycles. The molecule has 0 saturated carbocycles. The predicted octanol–water partition coefficient (Wildman–Crippen LogP) is 3.69. The van der Waals surface area contributed by atoms with Crippen molar-refractivity contribution in [2.45, 2.75) is 32.6 Å². The molecule has 0 spiro atoms. The van der Waals surface area contributed by atoms with Crippen LogP contribution in [0, 0.1) is 23.2 Å². The van der Waals surface area contributed by atoms with Gasteiger partial charge in [-0.1, -0.05) is 60.7 Å². The molecule has 0 bridgehead atoms. The minimum absolute atomic E-state index is 0.133. The Bertz CT molecular complexity index is 800. The van der Waals surface area contributed by atoms with Crippen LogP contribution in [0.25, 0.3) is 0 Å². The molecule has 0 fully saturated rings. The average molecular weight is 392 g/mol. The fourth-order valence-electron chi connectivity index (χ4n) is 3.33. The molecule has 5 heteroatoms. The van der Waals surface area contributed by atoms with E-state index in [4.69, 9.17) is 10.00 Å². The number of benzene rings is 2. The smallest absolute Gasteiger partial charge is 0.309 e. The summed E-state index contributed by atoms with van der Waals surface area (Å²) >= 11 is 0. The molecule has 2 aromatic rings. The molecule has 0 radical (unpaired) electrons. The van der Waals surface area contributed by atoms with E-state index < -0.39 is 5.92 Å². The van der Waals surface area contributed by atoms with E-state index in [2.05, 4.69) is 5.32 Å². The molecule has 29 heavy (non-hydrogen) atoms. The van der Waals surface area contributed by atoms with Crippen molar-refractivity contribution >= 4 is 11.9 Å². The normalized spacial score (nSPS) is 12.4. The van der Waals surface area contributed by atoms with E-state index in [1.807, 2.05) is 66.7 Å². The lowest BCUT2D eigenvalue weighted by atomic mass is 9.85. The molecule has 1 amide bonds. The van der Waals surface area contributed by atoms with Gasteiger partial charge < -0.3 is 10.1 Å². The largest absolute Gasteiger partial charge is 0.466 e. The number of carbonyl (C=O) groups is 2. The SMILES string of the molecule is CCOC(=O)C(Cc1ccccc1)CC(Cc1ccccc1)C(=O)NCCC#N. The van der Waals surface area contributed by atoms with Crippen molar-refractivity contribution in [1.29, 1.82) is 5.26 Å². The summed E-state index contributed by atoms with van der Waals surface area (Å²) in [4.78, 5) is 25.4. The van der Waals surface area contributed by atoms with Gasteiger partial charge in [0.05, 0.1) is 25.0 Å². The van der Waals surface area contributed by atoms with Crippen LogP contribution in [0.4, 0.5) is 0 Å². The molecule has 152 valence electrons. The Hall–Kier alpha value is -3.13. The minimum atomic E-state index is -0.409. The first kappa shape index (κ1) is 22.2. The Morgan fingerprint density at radius 3 is 2.03 bits per heavy atom. The Balaban J connectivity index is 2.18. The van der Waals surface area contributed by atoms with Gasteiger partial charge in [-0.3, -0.25) is 9.59 Å². The van der Waals surface area contributed by atoms with Crippen molar-refractivity contribution < 1.29 is 14.3 Å². The summed E-state index contributed by atoms with van der Waals surface area (Å²) in [6.45, 7) is 2.40. The Morgan fingerprint density at radius 1 is 0.966 bits per heavy atom. The minimum Gasteiger partial charge on any atom is -0.466 e. The number of nitrogens with zero attached hydrogens (tertiary/aromatic N) is 1. The van der Waals surface area contributed by atoms with Gasteiger partial charge in [-0.25, -0.2) is 0 Å². The van der Waals surface area contributed by atoms with E-state index in [0.717, 1.165) is 11.1 Å². The van der Waals surface area contributed by atoms with E-state index in [9.17, 15) is 9.59 Å². The lowest BCUT2D eigenvalue weighted by molar-refractivity contribution is -0.148. The number of hydrogen-bond acceptors (Lipinski definition) is 4. The summed E-state index contributed by atoms with van der Waals surface area (Å²) < 4.78 is 5.29. The Labute approximate surface area is 172 Å². The van der Waals surface area contributed by atoms with E-state index in [-0.39, 0.29) is 24.2 Å². The zero-order valence-electron chi connectivity index (χ0n) is 16.8. The first-order valence-electron chi connectivity index (χ1n) is 10.0. The summed E-state index contributed by atoms with van der Waals surface area (Å²) in [5, 5.41) is 11.6. The third kappa shape index (κ3) is 7.79. The van der Waals surface area contributed by atoms with Crippen LogP contribution >= 0.6 is 0 Å². The number of ether oxygens (including phenoxy) is 1. The van der Waals surface area contributed by atoms with E-state index in [1.54, 1.807) is 6.92 Å². The Kier molecular flexibility index (Phi) is 9.44. The van der Waals surface area contributed by atoms with Gasteiger partial charge in [0.25, 0.3) is 0 Å². The third-order valence-corrected chi connectivity index (χ3v) is 4.75. The van der Waals surface area contributed by atoms with Crippen LogP contribution in [0.2, 0.25) is 0 Å². The van der Waals surface area contributed by atoms with Gasteiger partial charge in [0.15, 0.2) is 0 Å². The second-order valence-corrected chi connectivity index (χ2v) is 6.96. The number of esters is 1. The third-order valence-electron chi connectivity index (χ3n) is 4.75. The number of hydrogen-bond donors (Lipinski definition) is 1. The highest BCUT2D eigenvalue weighted by molar-refractivity contribution is 5.80. The number of rotatable bonds is 11. The van der Waals surface area contributed by atoms with Crippen LogP contribution in [0.5, 0.6) is 0 Å². The van der Waals surface area contributed by atoms with Crippen LogP contribution < -0.4 is 5.32 Å². The number of nitrogens with one attached hydrogen (secondary N) is 1. The molecular formula is C24H28N2O3. The maximum Gasteiger partial charge on any atom is 0.309 e. The summed E-state index contributed by atoms with van der Waals surface area (Å²) in [6, 6.07) is 21.6. The molecule has 0 aliphatic rings. The summed E-state index contributed by atoms with van der Waals surface area (Å²) in [6.07, 6.45) is 1.70. The molecule has 0 heterocycles. The molecule has 0 saturated heterocycles. The lowest BCUT2D eigenvalue weighted by Crippen LogP contribution is -2.35. The van der Waals surface area contributed by atoms with Gasteiger partial charge in [-0.2, -0.15) is 5.26 Å². The molecule has 1 N–H and O–H groups in total. The zero-order chi connectivity index (χ0) is 20.9. The van der Waals surface area contributed by atoms with Gasteiger partial charge in [-0.05, 0) is 37.3 Å². The second kappa shape index (κ2) is 12.4. The first-order chi connectivity index (χ1) is 14.1. The monoisotopic (exact) mass is 392 g/mol. The van der Waals surface area contributed by atoms with Gasteiger partial charge in [0, 0.05) is 12.5 Å². The molecule has 2 rings (SSSR count). The maximum absolute atomic E-state index is 12.8. The standard InChI is InChI=1S/C24H28N2O3/c1-2-29-24(28)22(17-20-12-7-4-8-13-20)18-21(23(27)26-15-9-14-25)16-19-10-5-3-6-11-19/h3-8,10-13,21-22H,2,9,15-18H2,1H3,(H,26,27). The number of amides is 1. The van der Waals surface area contributed by atoms with Gasteiger partial charge >= 0.3 is 5.97 Å². The summed E-state index contributed by atoms with van der Waals surface area (Å²) in [5.74, 6) is -1.20. The highest BCUT2D eigenvalue weighted by Gasteiger charge is 2.28. The molecular weight excluding hydrogens is 364 g/mol. The number of nitriles is 1. The van der Waals surface area contributed by atoms with Crippen molar-refractivity contribution in [3.05, 3.63) is 71.8 Å². The molecule has 0 aliphatic carbocycles. The zero-order valence-corrected chi connectivity index (χ0v) is 16.8.